The van der Waals surface area contributed by atoms with Gasteiger partial charge in [0.05, 0.1) is 26.4 Å². The molecule has 0 N–H and O–H groups in total. The lowest BCUT2D eigenvalue weighted by atomic mass is 10.1. The lowest BCUT2D eigenvalue weighted by Gasteiger charge is -2.16. The van der Waals surface area contributed by atoms with Crippen LogP contribution in [0.1, 0.15) is 77.0 Å². The second-order valence-electron chi connectivity index (χ2n) is 6.91. The summed E-state index contributed by atoms with van der Waals surface area (Å²) in [5.74, 6) is 0. The Hall–Kier alpha value is -0.203. The number of unbranched alkanes of at least 4 members (excludes halogenated alkanes) is 11. The van der Waals surface area contributed by atoms with E-state index in [2.05, 4.69) is 6.58 Å². The Morgan fingerprint density at radius 2 is 1.04 bits per heavy atom. The standard InChI is InChI=1S/C21H44O4Si/c1-4-5-6-7-8-9-10-11-12-13-14-15-16-21-26(24-19-17-22-2)25-20-18-23-3/h4,26H,1,5-21H2,2-3H3. The molecular formula is C21H44O4Si. The second-order valence-corrected chi connectivity index (χ2v) is 9.01. The molecule has 0 aromatic heterocycles. The van der Waals surface area contributed by atoms with Crippen molar-refractivity contribution >= 4 is 9.28 Å². The van der Waals surface area contributed by atoms with Crippen molar-refractivity contribution in [3.63, 3.8) is 0 Å². The molecule has 0 saturated carbocycles. The Bertz CT molecular complexity index is 267. The van der Waals surface area contributed by atoms with Crippen LogP contribution in [0.15, 0.2) is 12.7 Å². The smallest absolute Gasteiger partial charge is 0.321 e. The molecule has 0 aromatic carbocycles. The molecule has 156 valence electrons. The van der Waals surface area contributed by atoms with Gasteiger partial charge in [-0.25, -0.2) is 0 Å². The van der Waals surface area contributed by atoms with Gasteiger partial charge in [-0.3, -0.25) is 0 Å². The van der Waals surface area contributed by atoms with Crippen LogP contribution in [0.2, 0.25) is 6.04 Å². The normalized spacial score (nSPS) is 11.3. The maximum absolute atomic E-state index is 5.87. The first kappa shape index (κ1) is 25.8. The Labute approximate surface area is 164 Å². The number of allylic oxidation sites excluding steroid dienone is 1. The number of ether oxygens (including phenoxy) is 2. The van der Waals surface area contributed by atoms with Gasteiger partial charge in [-0.05, 0) is 18.9 Å². The first-order valence-corrected chi connectivity index (χ1v) is 12.4. The Kier molecular flexibility index (Phi) is 22.7. The van der Waals surface area contributed by atoms with E-state index in [9.17, 15) is 0 Å². The van der Waals surface area contributed by atoms with Crippen LogP contribution in [0, 0.1) is 0 Å². The molecule has 4 nitrogen and oxygen atoms in total. The minimum atomic E-state index is -1.55. The molecular weight excluding hydrogens is 344 g/mol. The first-order valence-electron chi connectivity index (χ1n) is 10.7. The summed E-state index contributed by atoms with van der Waals surface area (Å²) in [7, 11) is 1.86. The molecule has 0 rings (SSSR count). The van der Waals surface area contributed by atoms with Crippen LogP contribution >= 0.6 is 0 Å². The van der Waals surface area contributed by atoms with E-state index in [1.54, 1.807) is 14.2 Å². The lowest BCUT2D eigenvalue weighted by molar-refractivity contribution is 0.0993. The van der Waals surface area contributed by atoms with Crippen LogP contribution in [0.4, 0.5) is 0 Å². The molecule has 0 aliphatic rings. The van der Waals surface area contributed by atoms with Crippen molar-refractivity contribution in [3.05, 3.63) is 12.7 Å². The van der Waals surface area contributed by atoms with Crippen molar-refractivity contribution in [2.24, 2.45) is 0 Å². The van der Waals surface area contributed by atoms with Crippen molar-refractivity contribution in [2.45, 2.75) is 83.1 Å². The monoisotopic (exact) mass is 388 g/mol. The van der Waals surface area contributed by atoms with Crippen LogP contribution in [0.3, 0.4) is 0 Å². The molecule has 0 bridgehead atoms. The molecule has 0 heterocycles. The van der Waals surface area contributed by atoms with Crippen LogP contribution in [0.5, 0.6) is 0 Å². The van der Waals surface area contributed by atoms with E-state index < -0.39 is 9.28 Å². The maximum Gasteiger partial charge on any atom is 0.321 e. The van der Waals surface area contributed by atoms with Crippen molar-refractivity contribution in [3.8, 4) is 0 Å². The molecule has 0 aliphatic carbocycles. The molecule has 0 amide bonds. The van der Waals surface area contributed by atoms with Crippen molar-refractivity contribution in [1.82, 2.24) is 0 Å². The van der Waals surface area contributed by atoms with Gasteiger partial charge in [0.1, 0.15) is 0 Å². The van der Waals surface area contributed by atoms with Gasteiger partial charge < -0.3 is 18.3 Å². The molecule has 0 radical (unpaired) electrons. The number of methoxy groups -OCH3 is 2. The predicted octanol–water partition coefficient (Wildman–Crippen LogP) is 5.40. The van der Waals surface area contributed by atoms with Crippen LogP contribution in [0.25, 0.3) is 0 Å². The molecule has 0 aromatic rings. The van der Waals surface area contributed by atoms with Gasteiger partial charge >= 0.3 is 9.28 Å². The Balaban J connectivity index is 3.42. The van der Waals surface area contributed by atoms with E-state index in [1.807, 2.05) is 6.08 Å². The third kappa shape index (κ3) is 20.1. The average molecular weight is 389 g/mol. The number of hydrogen-bond donors (Lipinski definition) is 0. The van der Waals surface area contributed by atoms with Gasteiger partial charge in [0.2, 0.25) is 0 Å². The fourth-order valence-electron chi connectivity index (χ4n) is 2.93. The van der Waals surface area contributed by atoms with Crippen molar-refractivity contribution in [2.75, 3.05) is 40.6 Å². The molecule has 26 heavy (non-hydrogen) atoms. The highest BCUT2D eigenvalue weighted by molar-refractivity contribution is 6.44. The van der Waals surface area contributed by atoms with E-state index in [4.69, 9.17) is 18.3 Å². The van der Waals surface area contributed by atoms with Crippen LogP contribution < -0.4 is 0 Å². The molecule has 0 fully saturated rings. The van der Waals surface area contributed by atoms with Gasteiger partial charge in [0.25, 0.3) is 0 Å². The minimum absolute atomic E-state index is 0.644. The molecule has 0 aliphatic heterocycles. The fourth-order valence-corrected chi connectivity index (χ4v) is 4.70. The van der Waals surface area contributed by atoms with Gasteiger partial charge in [-0.1, -0.05) is 70.3 Å². The summed E-state index contributed by atoms with van der Waals surface area (Å²) in [5, 5.41) is 0. The zero-order valence-corrected chi connectivity index (χ0v) is 18.7. The Morgan fingerprint density at radius 1 is 0.615 bits per heavy atom. The fraction of sp³-hybridized carbons (Fsp3) is 0.905. The van der Waals surface area contributed by atoms with Gasteiger partial charge in [0.15, 0.2) is 0 Å². The highest BCUT2D eigenvalue weighted by Gasteiger charge is 2.12. The van der Waals surface area contributed by atoms with Gasteiger partial charge in [0, 0.05) is 14.2 Å². The summed E-state index contributed by atoms with van der Waals surface area (Å²) in [6, 6.07) is 1.10. The SMILES string of the molecule is C=CCCCCCCCCCCCCC[SiH](OCCOC)OCCOC. The van der Waals surface area contributed by atoms with Crippen molar-refractivity contribution in [1.29, 1.82) is 0 Å². The lowest BCUT2D eigenvalue weighted by Crippen LogP contribution is -2.26. The van der Waals surface area contributed by atoms with Crippen molar-refractivity contribution < 1.29 is 18.3 Å². The highest BCUT2D eigenvalue weighted by atomic mass is 28.3. The van der Waals surface area contributed by atoms with E-state index in [0.29, 0.717) is 26.4 Å². The summed E-state index contributed by atoms with van der Waals surface area (Å²) < 4.78 is 21.8. The van der Waals surface area contributed by atoms with E-state index in [1.165, 1.54) is 77.0 Å². The summed E-state index contributed by atoms with van der Waals surface area (Å²) in [6.07, 6.45) is 18.1. The highest BCUT2D eigenvalue weighted by Crippen LogP contribution is 2.13. The predicted molar refractivity (Wildman–Crippen MR) is 113 cm³/mol. The summed E-state index contributed by atoms with van der Waals surface area (Å²) in [6.45, 7) is 6.35. The third-order valence-electron chi connectivity index (χ3n) is 4.53. The number of rotatable bonds is 22. The molecule has 0 saturated heterocycles. The first-order chi connectivity index (χ1) is 12.8. The van der Waals surface area contributed by atoms with Gasteiger partial charge in [-0.15, -0.1) is 6.58 Å². The van der Waals surface area contributed by atoms with Crippen LogP contribution in [-0.2, 0) is 18.3 Å². The Morgan fingerprint density at radius 3 is 1.46 bits per heavy atom. The quantitative estimate of drug-likeness (QED) is 0.141. The molecule has 0 spiro atoms. The zero-order valence-electron chi connectivity index (χ0n) is 17.5. The summed E-state index contributed by atoms with van der Waals surface area (Å²) in [4.78, 5) is 0. The number of hydrogen-bond acceptors (Lipinski definition) is 4. The van der Waals surface area contributed by atoms with Gasteiger partial charge in [-0.2, -0.15) is 0 Å². The third-order valence-corrected chi connectivity index (χ3v) is 6.63. The van der Waals surface area contributed by atoms with E-state index >= 15 is 0 Å². The average Bonchev–Trinajstić information content (AvgIpc) is 2.65. The molecule has 5 heteroatoms. The maximum atomic E-state index is 5.87. The largest absolute Gasteiger partial charge is 0.394 e. The van der Waals surface area contributed by atoms with E-state index in [-0.39, 0.29) is 0 Å². The summed E-state index contributed by atoms with van der Waals surface area (Å²) in [5.41, 5.74) is 0. The molecule has 0 atom stereocenters. The second kappa shape index (κ2) is 22.8. The molecule has 0 unspecified atom stereocenters. The summed E-state index contributed by atoms with van der Waals surface area (Å²) >= 11 is 0. The zero-order chi connectivity index (χ0) is 19.1. The van der Waals surface area contributed by atoms with E-state index in [0.717, 1.165) is 6.04 Å². The topological polar surface area (TPSA) is 36.9 Å². The van der Waals surface area contributed by atoms with Crippen LogP contribution in [-0.4, -0.2) is 49.9 Å². The minimum Gasteiger partial charge on any atom is -0.394 e.